The number of amidine groups is 1. The van der Waals surface area contributed by atoms with Crippen molar-refractivity contribution in [3.8, 4) is 5.75 Å². The summed E-state index contributed by atoms with van der Waals surface area (Å²) in [6.45, 7) is 1.52. The molecule has 3 rings (SSSR count). The van der Waals surface area contributed by atoms with Crippen molar-refractivity contribution in [1.29, 1.82) is 0 Å². The molecule has 1 aliphatic heterocycles. The van der Waals surface area contributed by atoms with Crippen LogP contribution in [-0.4, -0.2) is 47.1 Å². The highest BCUT2D eigenvalue weighted by Gasteiger charge is 2.42. The number of nitro groups is 2. The van der Waals surface area contributed by atoms with Gasteiger partial charge in [0.25, 0.3) is 11.4 Å². The summed E-state index contributed by atoms with van der Waals surface area (Å²) in [7, 11) is 2.42. The molecule has 13 nitrogen and oxygen atoms in total. The number of non-ortho nitro benzene ring substituents is 2. The van der Waals surface area contributed by atoms with Crippen molar-refractivity contribution in [2.45, 2.75) is 13.0 Å². The largest absolute Gasteiger partial charge is 0.468 e. The van der Waals surface area contributed by atoms with E-state index in [1.54, 1.807) is 0 Å². The molecule has 1 atom stereocenters. The summed E-state index contributed by atoms with van der Waals surface area (Å²) < 4.78 is 15.5. The maximum atomic E-state index is 13.2. The Morgan fingerprint density at radius 1 is 0.941 bits per heavy atom. The first-order valence-electron chi connectivity index (χ1n) is 9.59. The fourth-order valence-corrected chi connectivity index (χ4v) is 3.27. The highest BCUT2D eigenvalue weighted by Crippen LogP contribution is 2.37. The molecule has 1 aliphatic rings. The molecule has 2 aromatic rings. The van der Waals surface area contributed by atoms with Gasteiger partial charge >= 0.3 is 18.1 Å². The first kappa shape index (κ1) is 23.8. The normalized spacial score (nSPS) is 15.3. The Bertz CT molecular complexity index is 1200. The van der Waals surface area contributed by atoms with Crippen LogP contribution in [0.4, 0.5) is 16.2 Å². The first-order valence-corrected chi connectivity index (χ1v) is 9.59. The van der Waals surface area contributed by atoms with Crippen LogP contribution in [0.25, 0.3) is 0 Å². The van der Waals surface area contributed by atoms with E-state index in [9.17, 15) is 29.8 Å². The Balaban J connectivity index is 2.07. The second-order valence-corrected chi connectivity index (χ2v) is 6.83. The van der Waals surface area contributed by atoms with Gasteiger partial charge in [-0.25, -0.2) is 19.5 Å². The summed E-state index contributed by atoms with van der Waals surface area (Å²) in [6.07, 6.45) is -1.02. The Kier molecular flexibility index (Phi) is 6.85. The van der Waals surface area contributed by atoms with Gasteiger partial charge < -0.3 is 14.2 Å². The van der Waals surface area contributed by atoms with Crippen molar-refractivity contribution < 1.29 is 33.6 Å². The van der Waals surface area contributed by atoms with E-state index in [1.807, 2.05) is 0 Å². The van der Waals surface area contributed by atoms with Crippen LogP contribution in [0.5, 0.6) is 5.75 Å². The summed E-state index contributed by atoms with van der Waals surface area (Å²) in [5.74, 6) is -0.799. The van der Waals surface area contributed by atoms with Crippen LogP contribution in [0.3, 0.4) is 0 Å². The number of rotatable bonds is 5. The molecule has 34 heavy (non-hydrogen) atoms. The molecule has 1 heterocycles. The van der Waals surface area contributed by atoms with E-state index >= 15 is 0 Å². The molecule has 1 amide bonds. The van der Waals surface area contributed by atoms with Gasteiger partial charge in [-0.3, -0.25) is 20.2 Å². The van der Waals surface area contributed by atoms with Gasteiger partial charge in [-0.05, 0) is 36.8 Å². The molecule has 2 aromatic carbocycles. The predicted octanol–water partition coefficient (Wildman–Crippen LogP) is 3.51. The number of amides is 1. The van der Waals surface area contributed by atoms with Crippen LogP contribution in [0.1, 0.15) is 18.5 Å². The minimum absolute atomic E-state index is 0.0144. The number of hydrogen-bond donors (Lipinski definition) is 0. The van der Waals surface area contributed by atoms with Crippen molar-refractivity contribution in [1.82, 2.24) is 4.90 Å². The van der Waals surface area contributed by atoms with E-state index in [0.29, 0.717) is 5.56 Å². The number of allylic oxidation sites excluding steroid dienone is 1. The summed E-state index contributed by atoms with van der Waals surface area (Å²) in [5.41, 5.74) is 0.104. The fourth-order valence-electron chi connectivity index (χ4n) is 3.27. The molecular weight excluding hydrogens is 452 g/mol. The molecule has 0 radical (unpaired) electrons. The summed E-state index contributed by atoms with van der Waals surface area (Å²) >= 11 is 0. The number of nitro benzene ring substituents is 2. The number of nitrogens with zero attached hydrogens (tertiary/aromatic N) is 4. The number of aliphatic imine (C=N–C) groups is 1. The van der Waals surface area contributed by atoms with Crippen molar-refractivity contribution >= 4 is 29.5 Å². The maximum Gasteiger partial charge on any atom is 0.424 e. The zero-order valence-corrected chi connectivity index (χ0v) is 18.2. The molecule has 176 valence electrons. The number of carbonyl (C=O) groups excluding carboxylic acids is 2. The van der Waals surface area contributed by atoms with Crippen LogP contribution in [0.15, 0.2) is 64.8 Å². The maximum absolute atomic E-state index is 13.2. The number of carbonyl (C=O) groups is 2. The molecule has 0 fully saturated rings. The third kappa shape index (κ3) is 4.67. The Morgan fingerprint density at radius 2 is 1.47 bits per heavy atom. The van der Waals surface area contributed by atoms with Crippen LogP contribution >= 0.6 is 0 Å². The molecule has 13 heteroatoms. The average molecular weight is 470 g/mol. The lowest BCUT2D eigenvalue weighted by Gasteiger charge is -2.34. The monoisotopic (exact) mass is 470 g/mol. The number of hydrogen-bond acceptors (Lipinski definition) is 10. The van der Waals surface area contributed by atoms with Crippen molar-refractivity contribution in [3.63, 3.8) is 0 Å². The van der Waals surface area contributed by atoms with E-state index in [4.69, 9.17) is 14.2 Å². The molecule has 0 N–H and O–H groups in total. The molecule has 0 saturated carbocycles. The van der Waals surface area contributed by atoms with Gasteiger partial charge in [0, 0.05) is 24.3 Å². The van der Waals surface area contributed by atoms with E-state index in [2.05, 4.69) is 4.99 Å². The standard InChI is InChI=1S/C21H18N4O9/c1-12-17(19(26)32-2)18(13-4-6-14(7-5-13)24(28)29)23(20(22-12)33-3)21(27)34-16-10-8-15(9-11-16)25(30)31/h4-11,18H,1-3H3/t18-/m0/s1. The zero-order valence-electron chi connectivity index (χ0n) is 18.2. The smallest absolute Gasteiger partial charge is 0.424 e. The topological polar surface area (TPSA) is 164 Å². The van der Waals surface area contributed by atoms with E-state index in [-0.39, 0.29) is 34.4 Å². The lowest BCUT2D eigenvalue weighted by molar-refractivity contribution is -0.385. The van der Waals surface area contributed by atoms with Crippen LogP contribution in [0.2, 0.25) is 0 Å². The number of esters is 1. The van der Waals surface area contributed by atoms with E-state index in [1.165, 1.54) is 50.4 Å². The van der Waals surface area contributed by atoms with Gasteiger partial charge in [0.1, 0.15) is 11.8 Å². The lowest BCUT2D eigenvalue weighted by Crippen LogP contribution is -2.46. The second-order valence-electron chi connectivity index (χ2n) is 6.83. The molecule has 0 aliphatic carbocycles. The van der Waals surface area contributed by atoms with Crippen LogP contribution in [-0.2, 0) is 14.3 Å². The van der Waals surface area contributed by atoms with E-state index < -0.39 is 28.0 Å². The first-order chi connectivity index (χ1) is 16.2. The number of methoxy groups -OCH3 is 2. The third-order valence-corrected chi connectivity index (χ3v) is 4.85. The highest BCUT2D eigenvalue weighted by molar-refractivity contribution is 5.99. The highest BCUT2D eigenvalue weighted by atomic mass is 16.6. The zero-order chi connectivity index (χ0) is 25.0. The van der Waals surface area contributed by atoms with Crippen LogP contribution < -0.4 is 4.74 Å². The number of ether oxygens (including phenoxy) is 3. The third-order valence-electron chi connectivity index (χ3n) is 4.85. The van der Waals surface area contributed by atoms with Crippen molar-refractivity contribution in [3.05, 3.63) is 85.6 Å². The molecule has 0 saturated heterocycles. The Hall–Kier alpha value is -4.81. The van der Waals surface area contributed by atoms with Gasteiger partial charge in [-0.1, -0.05) is 0 Å². The fraction of sp³-hybridized carbons (Fsp3) is 0.190. The van der Waals surface area contributed by atoms with Crippen molar-refractivity contribution in [2.24, 2.45) is 4.99 Å². The second kappa shape index (κ2) is 9.77. The minimum Gasteiger partial charge on any atom is -0.468 e. The average Bonchev–Trinajstić information content (AvgIpc) is 2.83. The summed E-state index contributed by atoms with van der Waals surface area (Å²) in [5, 5.41) is 21.9. The van der Waals surface area contributed by atoms with Gasteiger partial charge in [0.15, 0.2) is 0 Å². The quantitative estimate of drug-likeness (QED) is 0.361. The Labute approximate surface area is 192 Å². The van der Waals surface area contributed by atoms with Gasteiger partial charge in [-0.2, -0.15) is 0 Å². The number of benzene rings is 2. The van der Waals surface area contributed by atoms with Crippen molar-refractivity contribution in [2.75, 3.05) is 14.2 Å². The molecule has 0 unspecified atom stereocenters. The summed E-state index contributed by atoms with van der Waals surface area (Å²) in [4.78, 5) is 51.6. The lowest BCUT2D eigenvalue weighted by atomic mass is 9.94. The van der Waals surface area contributed by atoms with Gasteiger partial charge in [-0.15, -0.1) is 0 Å². The Morgan fingerprint density at radius 3 is 1.94 bits per heavy atom. The van der Waals surface area contributed by atoms with Gasteiger partial charge in [0.2, 0.25) is 0 Å². The SMILES string of the molecule is COC(=O)C1=C(C)N=C(OC)N(C(=O)Oc2ccc([N+](=O)[O-])cc2)[C@H]1c1ccc([N+](=O)[O-])cc1. The molecule has 0 spiro atoms. The molecule has 0 bridgehead atoms. The molecule has 0 aromatic heterocycles. The predicted molar refractivity (Wildman–Crippen MR) is 116 cm³/mol. The summed E-state index contributed by atoms with van der Waals surface area (Å²) in [6, 6.07) is 8.60. The van der Waals surface area contributed by atoms with E-state index in [0.717, 1.165) is 24.1 Å². The van der Waals surface area contributed by atoms with Gasteiger partial charge in [0.05, 0.1) is 35.3 Å². The van der Waals surface area contributed by atoms with Crippen LogP contribution in [0, 0.1) is 20.2 Å². The minimum atomic E-state index is -1.16. The molecular formula is C21H18N4O9.